The van der Waals surface area contributed by atoms with Crippen molar-refractivity contribution in [2.24, 2.45) is 11.8 Å². The minimum absolute atomic E-state index is 0. The van der Waals surface area contributed by atoms with E-state index in [1.807, 2.05) is 4.90 Å². The molecule has 1 aliphatic carbocycles. The molecular formula is C20H27ClF2N2O3. The second-order valence-electron chi connectivity index (χ2n) is 7.63. The van der Waals surface area contributed by atoms with Crippen LogP contribution in [-0.2, 0) is 15.1 Å². The number of halogens is 3. The Kier molecular flexibility index (Phi) is 7.39. The summed E-state index contributed by atoms with van der Waals surface area (Å²) in [4.78, 5) is 14.8. The molecule has 1 aliphatic heterocycles. The summed E-state index contributed by atoms with van der Waals surface area (Å²) >= 11 is 0. The van der Waals surface area contributed by atoms with Gasteiger partial charge in [0.15, 0.2) is 5.60 Å². The highest BCUT2D eigenvalue weighted by Gasteiger charge is 2.54. The number of carbonyl (C=O) groups is 1. The van der Waals surface area contributed by atoms with E-state index in [0.717, 1.165) is 25.9 Å². The minimum Gasteiger partial charge on any atom is -0.463 e. The number of rotatable bonds is 6. The molecule has 1 aromatic carbocycles. The Morgan fingerprint density at radius 2 is 1.93 bits per heavy atom. The van der Waals surface area contributed by atoms with Crippen LogP contribution >= 0.6 is 12.4 Å². The molecular weight excluding hydrogens is 390 g/mol. The van der Waals surface area contributed by atoms with E-state index in [9.17, 15) is 18.7 Å². The van der Waals surface area contributed by atoms with E-state index < -0.39 is 29.8 Å². The number of hydrogen-bond donors (Lipinski definition) is 2. The van der Waals surface area contributed by atoms with E-state index in [1.165, 1.54) is 6.34 Å². The number of alkyl halides is 2. The number of esters is 1. The van der Waals surface area contributed by atoms with Crippen LogP contribution < -0.4 is 0 Å². The molecule has 2 atom stereocenters. The van der Waals surface area contributed by atoms with Gasteiger partial charge in [0, 0.05) is 31.8 Å². The van der Waals surface area contributed by atoms with Gasteiger partial charge in [-0.1, -0.05) is 30.3 Å². The summed E-state index contributed by atoms with van der Waals surface area (Å²) in [6.07, 6.45) is 2.09. The number of carbonyl (C=O) groups excluding carboxylic acids is 1. The number of piperidine rings is 1. The van der Waals surface area contributed by atoms with E-state index in [1.54, 1.807) is 30.3 Å². The normalized spacial score (nSPS) is 24.1. The van der Waals surface area contributed by atoms with Crippen LogP contribution in [0.4, 0.5) is 8.78 Å². The fourth-order valence-corrected chi connectivity index (χ4v) is 4.07. The molecule has 0 amide bonds. The third kappa shape index (κ3) is 4.81. The van der Waals surface area contributed by atoms with Crippen LogP contribution in [0.2, 0.25) is 0 Å². The maximum absolute atomic E-state index is 13.8. The highest BCUT2D eigenvalue weighted by Crippen LogP contribution is 2.48. The van der Waals surface area contributed by atoms with Crippen LogP contribution in [-0.4, -0.2) is 47.9 Å². The van der Waals surface area contributed by atoms with Crippen molar-refractivity contribution < 1.29 is 23.4 Å². The molecule has 0 radical (unpaired) electrons. The van der Waals surface area contributed by atoms with Gasteiger partial charge in [-0.3, -0.25) is 5.41 Å². The average molecular weight is 417 g/mol. The number of nitrogens with zero attached hydrogens (tertiary/aromatic N) is 1. The van der Waals surface area contributed by atoms with Crippen LogP contribution in [0, 0.1) is 17.2 Å². The number of aliphatic hydroxyl groups is 1. The number of likely N-dealkylation sites (tertiary alicyclic amines) is 1. The summed E-state index contributed by atoms with van der Waals surface area (Å²) < 4.78 is 33.0. The molecule has 0 spiro atoms. The smallest absolute Gasteiger partial charge is 0.343 e. The van der Waals surface area contributed by atoms with Crippen molar-refractivity contribution in [3.05, 3.63) is 35.9 Å². The molecule has 1 aromatic rings. The zero-order chi connectivity index (χ0) is 19.5. The molecule has 2 aliphatic rings. The highest BCUT2D eigenvalue weighted by molar-refractivity contribution is 5.85. The molecule has 0 aromatic heterocycles. The first kappa shape index (κ1) is 22.6. The highest BCUT2D eigenvalue weighted by atomic mass is 35.5. The standard InChI is InChI=1S/C20H26F2N2O3.ClH/c21-19(22)9-6-17(12-19)20(26,16-4-2-1-3-5-16)18(25)27-13-15-7-10-24(14-23)11-8-15;/h1-5,14-15,17,23,26H,6-13H2;1H/t17-,20+;/m1./s1. The fraction of sp³-hybridized carbons (Fsp3) is 0.600. The Bertz CT molecular complexity index is 669. The Morgan fingerprint density at radius 1 is 1.29 bits per heavy atom. The van der Waals surface area contributed by atoms with Gasteiger partial charge in [-0.05, 0) is 30.7 Å². The van der Waals surface area contributed by atoms with Crippen LogP contribution in [0.3, 0.4) is 0 Å². The molecule has 1 heterocycles. The number of hydrogen-bond acceptors (Lipinski definition) is 4. The van der Waals surface area contributed by atoms with E-state index in [0.29, 0.717) is 5.56 Å². The summed E-state index contributed by atoms with van der Waals surface area (Å²) in [7, 11) is 0. The quantitative estimate of drug-likeness (QED) is 0.422. The molecule has 0 unspecified atom stereocenters. The van der Waals surface area contributed by atoms with Gasteiger partial charge in [0.25, 0.3) is 0 Å². The molecule has 2 N–H and O–H groups in total. The maximum Gasteiger partial charge on any atom is 0.343 e. The van der Waals surface area contributed by atoms with Crippen LogP contribution in [0.5, 0.6) is 0 Å². The number of benzene rings is 1. The number of ether oxygens (including phenoxy) is 1. The van der Waals surface area contributed by atoms with Crippen LogP contribution in [0.15, 0.2) is 30.3 Å². The van der Waals surface area contributed by atoms with Gasteiger partial charge in [-0.25, -0.2) is 13.6 Å². The lowest BCUT2D eigenvalue weighted by atomic mass is 9.80. The van der Waals surface area contributed by atoms with Gasteiger partial charge in [0.1, 0.15) is 0 Å². The first-order valence-electron chi connectivity index (χ1n) is 9.43. The van der Waals surface area contributed by atoms with Crippen molar-refractivity contribution in [1.82, 2.24) is 4.90 Å². The maximum atomic E-state index is 13.8. The van der Waals surface area contributed by atoms with Gasteiger partial charge < -0.3 is 14.7 Å². The topological polar surface area (TPSA) is 73.6 Å². The van der Waals surface area contributed by atoms with Gasteiger partial charge in [0.05, 0.1) is 12.9 Å². The summed E-state index contributed by atoms with van der Waals surface area (Å²) in [6.45, 7) is 1.61. The molecule has 1 saturated heterocycles. The van der Waals surface area contributed by atoms with Crippen molar-refractivity contribution in [3.63, 3.8) is 0 Å². The van der Waals surface area contributed by atoms with E-state index >= 15 is 0 Å². The summed E-state index contributed by atoms with van der Waals surface area (Å²) in [6, 6.07) is 8.26. The van der Waals surface area contributed by atoms with E-state index in [2.05, 4.69) is 0 Å². The molecule has 3 rings (SSSR count). The third-order valence-corrected chi connectivity index (χ3v) is 5.80. The van der Waals surface area contributed by atoms with Gasteiger partial charge in [-0.15, -0.1) is 12.4 Å². The van der Waals surface area contributed by atoms with Gasteiger partial charge in [-0.2, -0.15) is 0 Å². The van der Waals surface area contributed by atoms with Crippen molar-refractivity contribution in [2.75, 3.05) is 19.7 Å². The van der Waals surface area contributed by atoms with E-state index in [-0.39, 0.29) is 37.8 Å². The SMILES string of the molecule is Cl.N=CN1CCC(COC(=O)[C@](O)(c2ccccc2)[C@@H]2CCC(F)(F)C2)CC1. The second kappa shape index (κ2) is 9.18. The molecule has 28 heavy (non-hydrogen) atoms. The summed E-state index contributed by atoms with van der Waals surface area (Å²) in [5, 5.41) is 18.5. The fourth-order valence-electron chi connectivity index (χ4n) is 4.07. The summed E-state index contributed by atoms with van der Waals surface area (Å²) in [5.41, 5.74) is -1.76. The predicted molar refractivity (Wildman–Crippen MR) is 104 cm³/mol. The Labute approximate surface area is 170 Å². The van der Waals surface area contributed by atoms with Crippen molar-refractivity contribution in [2.45, 2.75) is 43.6 Å². The lowest BCUT2D eigenvalue weighted by Crippen LogP contribution is -2.45. The summed E-state index contributed by atoms with van der Waals surface area (Å²) in [5.74, 6) is -4.43. The first-order chi connectivity index (χ1) is 12.8. The third-order valence-electron chi connectivity index (χ3n) is 5.80. The Morgan fingerprint density at radius 3 is 2.46 bits per heavy atom. The Balaban J connectivity index is 0.00000280. The van der Waals surface area contributed by atoms with Gasteiger partial charge in [0.2, 0.25) is 5.92 Å². The lowest BCUT2D eigenvalue weighted by Gasteiger charge is -2.34. The monoisotopic (exact) mass is 416 g/mol. The average Bonchev–Trinajstić information content (AvgIpc) is 3.06. The van der Waals surface area contributed by atoms with Crippen molar-refractivity contribution in [1.29, 1.82) is 5.41 Å². The second-order valence-corrected chi connectivity index (χ2v) is 7.63. The number of nitrogens with one attached hydrogen (secondary N) is 1. The van der Waals surface area contributed by atoms with E-state index in [4.69, 9.17) is 10.1 Å². The predicted octanol–water partition coefficient (Wildman–Crippen LogP) is 3.59. The van der Waals surface area contributed by atoms with Crippen molar-refractivity contribution in [3.8, 4) is 0 Å². The van der Waals surface area contributed by atoms with Crippen LogP contribution in [0.25, 0.3) is 0 Å². The lowest BCUT2D eigenvalue weighted by molar-refractivity contribution is -0.176. The largest absolute Gasteiger partial charge is 0.463 e. The zero-order valence-electron chi connectivity index (χ0n) is 15.7. The molecule has 0 bridgehead atoms. The first-order valence-corrected chi connectivity index (χ1v) is 9.43. The molecule has 5 nitrogen and oxygen atoms in total. The molecule has 8 heteroatoms. The van der Waals surface area contributed by atoms with Gasteiger partial charge >= 0.3 is 5.97 Å². The van der Waals surface area contributed by atoms with Crippen molar-refractivity contribution >= 4 is 24.7 Å². The zero-order valence-corrected chi connectivity index (χ0v) is 16.5. The Hall–Kier alpha value is -1.73. The molecule has 1 saturated carbocycles. The minimum atomic E-state index is -2.87. The molecule has 156 valence electrons. The van der Waals surface area contributed by atoms with Crippen LogP contribution in [0.1, 0.15) is 37.7 Å². The molecule has 2 fully saturated rings.